The lowest BCUT2D eigenvalue weighted by molar-refractivity contribution is -0.385. The molecule has 7 nitrogen and oxygen atoms in total. The highest BCUT2D eigenvalue weighted by molar-refractivity contribution is 5.96. The summed E-state index contributed by atoms with van der Waals surface area (Å²) in [5.74, 6) is -0.450. The molecule has 2 N–H and O–H groups in total. The predicted octanol–water partition coefficient (Wildman–Crippen LogP) is 1.42. The number of amides is 1. The Morgan fingerprint density at radius 2 is 2.19 bits per heavy atom. The van der Waals surface area contributed by atoms with Crippen molar-refractivity contribution in [1.82, 2.24) is 5.32 Å². The molecule has 0 fully saturated rings. The Labute approximate surface area is 123 Å². The Hall–Kier alpha value is -1.99. The van der Waals surface area contributed by atoms with Gasteiger partial charge in [-0.2, -0.15) is 0 Å². The lowest BCUT2D eigenvalue weighted by Crippen LogP contribution is -2.41. The quantitative estimate of drug-likeness (QED) is 0.585. The van der Waals surface area contributed by atoms with Crippen molar-refractivity contribution in [3.05, 3.63) is 39.4 Å². The van der Waals surface area contributed by atoms with Gasteiger partial charge in [-0.1, -0.05) is 6.07 Å². The van der Waals surface area contributed by atoms with Crippen molar-refractivity contribution < 1.29 is 19.6 Å². The van der Waals surface area contributed by atoms with E-state index in [1.54, 1.807) is 6.92 Å². The van der Waals surface area contributed by atoms with Crippen LogP contribution in [0, 0.1) is 17.0 Å². The van der Waals surface area contributed by atoms with Gasteiger partial charge in [0.1, 0.15) is 0 Å². The third-order valence-corrected chi connectivity index (χ3v) is 3.22. The third kappa shape index (κ3) is 4.80. The van der Waals surface area contributed by atoms with Gasteiger partial charge in [-0.05, 0) is 19.9 Å². The van der Waals surface area contributed by atoms with Gasteiger partial charge in [0, 0.05) is 43.9 Å². The van der Waals surface area contributed by atoms with Gasteiger partial charge in [0.15, 0.2) is 0 Å². The summed E-state index contributed by atoms with van der Waals surface area (Å²) in [6, 6.07) is 4.32. The molecule has 1 aromatic rings. The average Bonchev–Trinajstić information content (AvgIpc) is 2.42. The van der Waals surface area contributed by atoms with E-state index in [-0.39, 0.29) is 17.8 Å². The van der Waals surface area contributed by atoms with Crippen molar-refractivity contribution in [3.8, 4) is 0 Å². The topological polar surface area (TPSA) is 102 Å². The molecule has 7 heteroatoms. The fourth-order valence-corrected chi connectivity index (χ4v) is 1.84. The van der Waals surface area contributed by atoms with E-state index >= 15 is 0 Å². The van der Waals surface area contributed by atoms with Crippen LogP contribution in [0.1, 0.15) is 29.3 Å². The highest BCUT2D eigenvalue weighted by atomic mass is 16.6. The number of hydrogen-bond acceptors (Lipinski definition) is 5. The average molecular weight is 296 g/mol. The number of nitrogens with one attached hydrogen (secondary N) is 1. The summed E-state index contributed by atoms with van der Waals surface area (Å²) in [7, 11) is 1.53. The molecule has 0 aliphatic rings. The van der Waals surface area contributed by atoms with E-state index in [1.807, 2.05) is 0 Å². The van der Waals surface area contributed by atoms with Crippen LogP contribution in [0.5, 0.6) is 0 Å². The SMILES string of the molecule is COCCC(C)(O)CNC(=O)c1cccc([N+](=O)[O-])c1C. The second kappa shape index (κ2) is 7.14. The predicted molar refractivity (Wildman–Crippen MR) is 77.3 cm³/mol. The first-order valence-electron chi connectivity index (χ1n) is 6.52. The van der Waals surface area contributed by atoms with Crippen LogP contribution in [0.25, 0.3) is 0 Å². The fraction of sp³-hybridized carbons (Fsp3) is 0.500. The highest BCUT2D eigenvalue weighted by Gasteiger charge is 2.23. The fourth-order valence-electron chi connectivity index (χ4n) is 1.84. The molecule has 0 heterocycles. The van der Waals surface area contributed by atoms with Crippen molar-refractivity contribution >= 4 is 11.6 Å². The van der Waals surface area contributed by atoms with E-state index in [9.17, 15) is 20.0 Å². The van der Waals surface area contributed by atoms with Crippen molar-refractivity contribution in [2.24, 2.45) is 0 Å². The lowest BCUT2D eigenvalue weighted by atomic mass is 10.0. The minimum Gasteiger partial charge on any atom is -0.388 e. The van der Waals surface area contributed by atoms with E-state index in [0.29, 0.717) is 18.6 Å². The Morgan fingerprint density at radius 1 is 1.52 bits per heavy atom. The molecular formula is C14H20N2O5. The monoisotopic (exact) mass is 296 g/mol. The molecule has 1 unspecified atom stereocenters. The van der Waals surface area contributed by atoms with Crippen molar-refractivity contribution in [2.75, 3.05) is 20.3 Å². The van der Waals surface area contributed by atoms with Gasteiger partial charge in [-0.15, -0.1) is 0 Å². The van der Waals surface area contributed by atoms with Crippen LogP contribution in [-0.2, 0) is 4.74 Å². The summed E-state index contributed by atoms with van der Waals surface area (Å²) >= 11 is 0. The number of hydrogen-bond donors (Lipinski definition) is 2. The van der Waals surface area contributed by atoms with Gasteiger partial charge in [0.05, 0.1) is 10.5 Å². The number of carbonyl (C=O) groups is 1. The zero-order valence-corrected chi connectivity index (χ0v) is 12.4. The lowest BCUT2D eigenvalue weighted by Gasteiger charge is -2.23. The van der Waals surface area contributed by atoms with Crippen LogP contribution in [0.4, 0.5) is 5.69 Å². The molecule has 0 aliphatic heterocycles. The van der Waals surface area contributed by atoms with Crippen molar-refractivity contribution in [3.63, 3.8) is 0 Å². The molecule has 1 amide bonds. The summed E-state index contributed by atoms with van der Waals surface area (Å²) in [5, 5.41) is 23.5. The van der Waals surface area contributed by atoms with Crippen LogP contribution in [-0.4, -0.2) is 41.8 Å². The normalized spacial score (nSPS) is 13.5. The van der Waals surface area contributed by atoms with Crippen LogP contribution >= 0.6 is 0 Å². The molecule has 0 aromatic heterocycles. The van der Waals surface area contributed by atoms with E-state index in [2.05, 4.69) is 5.32 Å². The number of aliphatic hydroxyl groups is 1. The summed E-state index contributed by atoms with van der Waals surface area (Å²) < 4.78 is 4.88. The number of nitro benzene ring substituents is 1. The second-order valence-corrected chi connectivity index (χ2v) is 5.13. The number of nitro groups is 1. The summed E-state index contributed by atoms with van der Waals surface area (Å²) in [6.45, 7) is 3.53. The van der Waals surface area contributed by atoms with E-state index < -0.39 is 16.4 Å². The number of carbonyl (C=O) groups excluding carboxylic acids is 1. The Balaban J connectivity index is 2.77. The molecule has 1 atom stereocenters. The molecule has 0 spiro atoms. The van der Waals surface area contributed by atoms with E-state index in [4.69, 9.17) is 4.74 Å². The van der Waals surface area contributed by atoms with Gasteiger partial charge < -0.3 is 15.2 Å². The number of nitrogens with zero attached hydrogens (tertiary/aromatic N) is 1. The maximum Gasteiger partial charge on any atom is 0.273 e. The van der Waals surface area contributed by atoms with Crippen molar-refractivity contribution in [1.29, 1.82) is 0 Å². The zero-order valence-electron chi connectivity index (χ0n) is 12.4. The summed E-state index contributed by atoms with van der Waals surface area (Å²) in [6.07, 6.45) is 0.373. The number of ether oxygens (including phenoxy) is 1. The molecule has 0 saturated heterocycles. The van der Waals surface area contributed by atoms with Crippen molar-refractivity contribution in [2.45, 2.75) is 25.9 Å². The smallest absolute Gasteiger partial charge is 0.273 e. The third-order valence-electron chi connectivity index (χ3n) is 3.22. The summed E-state index contributed by atoms with van der Waals surface area (Å²) in [5.41, 5.74) is -0.669. The Kier molecular flexibility index (Phi) is 5.80. The number of rotatable bonds is 7. The second-order valence-electron chi connectivity index (χ2n) is 5.13. The molecule has 0 radical (unpaired) electrons. The van der Waals surface area contributed by atoms with E-state index in [1.165, 1.54) is 32.2 Å². The Morgan fingerprint density at radius 3 is 2.76 bits per heavy atom. The zero-order chi connectivity index (χ0) is 16.0. The highest BCUT2D eigenvalue weighted by Crippen LogP contribution is 2.21. The van der Waals surface area contributed by atoms with Crippen LogP contribution in [0.2, 0.25) is 0 Å². The first kappa shape index (κ1) is 17.1. The van der Waals surface area contributed by atoms with Gasteiger partial charge in [-0.25, -0.2) is 0 Å². The molecule has 0 aliphatic carbocycles. The van der Waals surface area contributed by atoms with Crippen LogP contribution in [0.15, 0.2) is 18.2 Å². The van der Waals surface area contributed by atoms with Gasteiger partial charge >= 0.3 is 0 Å². The van der Waals surface area contributed by atoms with Crippen LogP contribution in [0.3, 0.4) is 0 Å². The minimum absolute atomic E-state index is 0.0390. The minimum atomic E-state index is -1.10. The molecule has 21 heavy (non-hydrogen) atoms. The van der Waals surface area contributed by atoms with Gasteiger partial charge in [0.2, 0.25) is 0 Å². The maximum atomic E-state index is 12.1. The summed E-state index contributed by atoms with van der Waals surface area (Å²) in [4.78, 5) is 22.4. The maximum absolute atomic E-state index is 12.1. The molecule has 1 rings (SSSR count). The molecular weight excluding hydrogens is 276 g/mol. The largest absolute Gasteiger partial charge is 0.388 e. The molecule has 0 saturated carbocycles. The molecule has 1 aromatic carbocycles. The Bertz CT molecular complexity index is 528. The van der Waals surface area contributed by atoms with Gasteiger partial charge in [0.25, 0.3) is 11.6 Å². The first-order valence-corrected chi connectivity index (χ1v) is 6.52. The molecule has 0 bridgehead atoms. The van der Waals surface area contributed by atoms with Crippen LogP contribution < -0.4 is 5.32 Å². The van der Waals surface area contributed by atoms with E-state index in [0.717, 1.165) is 0 Å². The molecule has 116 valence electrons. The number of methoxy groups -OCH3 is 1. The standard InChI is InChI=1S/C14H20N2O5/c1-10-11(5-4-6-12(10)16(19)20)13(17)15-9-14(2,18)7-8-21-3/h4-6,18H,7-9H2,1-3H3,(H,15,17). The number of benzene rings is 1. The first-order chi connectivity index (χ1) is 9.78. The van der Waals surface area contributed by atoms with Gasteiger partial charge in [-0.3, -0.25) is 14.9 Å².